The number of hydrogen-bond acceptors (Lipinski definition) is 4. The third-order valence-corrected chi connectivity index (χ3v) is 4.30. The Morgan fingerprint density at radius 3 is 2.75 bits per heavy atom. The summed E-state index contributed by atoms with van der Waals surface area (Å²) in [4.78, 5) is 12.2. The van der Waals surface area contributed by atoms with Crippen molar-refractivity contribution < 1.29 is 19.4 Å². The molecule has 0 heterocycles. The Balaban J connectivity index is 2.28. The van der Waals surface area contributed by atoms with E-state index in [2.05, 4.69) is 15.9 Å². The van der Waals surface area contributed by atoms with Crippen LogP contribution >= 0.6 is 39.1 Å². The van der Waals surface area contributed by atoms with E-state index in [9.17, 15) is 9.90 Å². The normalized spacial score (nSPS) is 11.0. The quantitative estimate of drug-likeness (QED) is 0.381. The summed E-state index contributed by atoms with van der Waals surface area (Å²) in [5, 5.41) is 10.4. The third-order valence-electron chi connectivity index (χ3n) is 3.05. The van der Waals surface area contributed by atoms with Crippen LogP contribution in [-0.4, -0.2) is 24.8 Å². The molecule has 0 spiro atoms. The maximum Gasteiger partial charge on any atom is 0.189 e. The summed E-state index contributed by atoms with van der Waals surface area (Å²) in [6, 6.07) is 7.92. The summed E-state index contributed by atoms with van der Waals surface area (Å²) in [6.07, 6.45) is 2.84. The minimum atomic E-state index is -0.395. The van der Waals surface area contributed by atoms with Gasteiger partial charge in [-0.15, -0.1) is 0 Å². The molecule has 0 aliphatic carbocycles. The molecule has 7 heteroatoms. The predicted molar refractivity (Wildman–Crippen MR) is 98.1 cm³/mol. The first-order valence-corrected chi connectivity index (χ1v) is 8.29. The van der Waals surface area contributed by atoms with E-state index in [-0.39, 0.29) is 23.1 Å². The van der Waals surface area contributed by atoms with Gasteiger partial charge in [0.2, 0.25) is 0 Å². The van der Waals surface area contributed by atoms with Gasteiger partial charge >= 0.3 is 0 Å². The second kappa shape index (κ2) is 8.53. The van der Waals surface area contributed by atoms with E-state index >= 15 is 0 Å². The van der Waals surface area contributed by atoms with E-state index < -0.39 is 5.78 Å². The van der Waals surface area contributed by atoms with E-state index in [0.29, 0.717) is 20.8 Å². The molecule has 1 N–H and O–H groups in total. The highest BCUT2D eigenvalue weighted by Crippen LogP contribution is 2.33. The van der Waals surface area contributed by atoms with Crippen molar-refractivity contribution in [3.05, 3.63) is 62.1 Å². The number of ketones is 1. The lowest BCUT2D eigenvalue weighted by molar-refractivity contribution is 0.0506. The van der Waals surface area contributed by atoms with Gasteiger partial charge in [-0.25, -0.2) is 0 Å². The van der Waals surface area contributed by atoms with Crippen molar-refractivity contribution >= 4 is 51.0 Å². The average molecular weight is 432 g/mol. The molecule has 126 valence electrons. The molecule has 0 amide bonds. The number of rotatable bonds is 6. The lowest BCUT2D eigenvalue weighted by atomic mass is 10.1. The Kier molecular flexibility index (Phi) is 6.69. The van der Waals surface area contributed by atoms with Crippen LogP contribution in [0.25, 0.3) is 6.08 Å². The van der Waals surface area contributed by atoms with Gasteiger partial charge in [-0.1, -0.05) is 29.3 Å². The smallest absolute Gasteiger partial charge is 0.189 e. The van der Waals surface area contributed by atoms with Gasteiger partial charge in [0.1, 0.15) is 11.5 Å². The van der Waals surface area contributed by atoms with Crippen molar-refractivity contribution in [1.29, 1.82) is 0 Å². The molecule has 0 bridgehead atoms. The maximum absolute atomic E-state index is 12.2. The Labute approximate surface area is 157 Å². The molecule has 0 saturated heterocycles. The SMILES string of the molecule is COCOc1cc(/C=C/C(=O)c2cccc(Cl)c2O)c(Cl)cc1Br. The van der Waals surface area contributed by atoms with Crippen LogP contribution in [0, 0.1) is 0 Å². The molecule has 0 radical (unpaired) electrons. The second-order valence-electron chi connectivity index (χ2n) is 4.69. The minimum Gasteiger partial charge on any atom is -0.506 e. The Morgan fingerprint density at radius 1 is 1.29 bits per heavy atom. The van der Waals surface area contributed by atoms with Gasteiger partial charge in [-0.05, 0) is 57.9 Å². The van der Waals surface area contributed by atoms with Gasteiger partial charge in [0, 0.05) is 12.1 Å². The lowest BCUT2D eigenvalue weighted by Crippen LogP contribution is -2.00. The van der Waals surface area contributed by atoms with Crippen molar-refractivity contribution in [1.82, 2.24) is 0 Å². The summed E-state index contributed by atoms with van der Waals surface area (Å²) >= 11 is 15.3. The Bertz CT molecular complexity index is 790. The molecular weight excluding hydrogens is 419 g/mol. The summed E-state index contributed by atoms with van der Waals surface area (Å²) in [7, 11) is 1.51. The van der Waals surface area contributed by atoms with Crippen molar-refractivity contribution in [2.45, 2.75) is 0 Å². The molecular formula is C17H13BrCl2O4. The fraction of sp³-hybridized carbons (Fsp3) is 0.118. The molecule has 0 aromatic heterocycles. The highest BCUT2D eigenvalue weighted by atomic mass is 79.9. The average Bonchev–Trinajstić information content (AvgIpc) is 2.55. The van der Waals surface area contributed by atoms with Crippen molar-refractivity contribution in [3.63, 3.8) is 0 Å². The molecule has 2 aromatic carbocycles. The van der Waals surface area contributed by atoms with Crippen LogP contribution in [0.15, 0.2) is 40.9 Å². The number of aromatic hydroxyl groups is 1. The zero-order valence-electron chi connectivity index (χ0n) is 12.6. The zero-order chi connectivity index (χ0) is 17.7. The number of para-hydroxylation sites is 1. The molecule has 2 aromatic rings. The van der Waals surface area contributed by atoms with E-state index in [1.54, 1.807) is 18.2 Å². The number of benzene rings is 2. The second-order valence-corrected chi connectivity index (χ2v) is 6.36. The first-order valence-electron chi connectivity index (χ1n) is 6.74. The van der Waals surface area contributed by atoms with Crippen LogP contribution in [0.5, 0.6) is 11.5 Å². The van der Waals surface area contributed by atoms with Crippen LogP contribution in [0.2, 0.25) is 10.0 Å². The molecule has 0 aliphatic rings. The minimum absolute atomic E-state index is 0.0820. The molecule has 0 aliphatic heterocycles. The van der Waals surface area contributed by atoms with Crippen LogP contribution in [0.1, 0.15) is 15.9 Å². The van der Waals surface area contributed by atoms with Crippen LogP contribution < -0.4 is 4.74 Å². The molecule has 0 unspecified atom stereocenters. The molecule has 0 atom stereocenters. The number of halogens is 3. The Morgan fingerprint density at radius 2 is 2.04 bits per heavy atom. The van der Waals surface area contributed by atoms with E-state index in [4.69, 9.17) is 32.7 Å². The third kappa shape index (κ3) is 4.51. The summed E-state index contributed by atoms with van der Waals surface area (Å²) < 4.78 is 10.9. The van der Waals surface area contributed by atoms with Gasteiger partial charge in [0.05, 0.1) is 15.1 Å². The fourth-order valence-corrected chi connectivity index (χ4v) is 2.87. The fourth-order valence-electron chi connectivity index (χ4n) is 1.88. The van der Waals surface area contributed by atoms with Crippen molar-refractivity contribution in [2.24, 2.45) is 0 Å². The number of carbonyl (C=O) groups is 1. The number of phenolic OH excluding ortho intramolecular Hbond substituents is 1. The first kappa shape index (κ1) is 18.8. The number of hydrogen-bond donors (Lipinski definition) is 1. The first-order chi connectivity index (χ1) is 11.4. The largest absolute Gasteiger partial charge is 0.506 e. The number of ether oxygens (including phenoxy) is 2. The predicted octanol–water partition coefficient (Wildman–Crippen LogP) is 5.34. The standard InChI is InChI=1S/C17H13BrCl2O4/c1-23-9-24-16-7-10(14(20)8-12(16)18)5-6-15(21)11-3-2-4-13(19)17(11)22/h2-8,22H,9H2,1H3/b6-5+. The number of allylic oxidation sites excluding steroid dienone is 1. The van der Waals surface area contributed by atoms with E-state index in [1.807, 2.05) is 0 Å². The van der Waals surface area contributed by atoms with Crippen LogP contribution in [0.3, 0.4) is 0 Å². The van der Waals surface area contributed by atoms with Gasteiger partial charge in [-0.3, -0.25) is 4.79 Å². The van der Waals surface area contributed by atoms with Crippen LogP contribution in [0.4, 0.5) is 0 Å². The van der Waals surface area contributed by atoms with Crippen LogP contribution in [-0.2, 0) is 4.74 Å². The summed E-state index contributed by atoms with van der Waals surface area (Å²) in [6.45, 7) is 0.0820. The topological polar surface area (TPSA) is 55.8 Å². The number of phenols is 1. The molecule has 24 heavy (non-hydrogen) atoms. The number of carbonyl (C=O) groups excluding carboxylic acids is 1. The monoisotopic (exact) mass is 430 g/mol. The molecule has 0 fully saturated rings. The van der Waals surface area contributed by atoms with Gasteiger partial charge in [0.15, 0.2) is 12.6 Å². The summed E-state index contributed by atoms with van der Waals surface area (Å²) in [5.74, 6) is -0.118. The summed E-state index contributed by atoms with van der Waals surface area (Å²) in [5.41, 5.74) is 0.698. The maximum atomic E-state index is 12.2. The highest BCUT2D eigenvalue weighted by Gasteiger charge is 2.12. The molecule has 2 rings (SSSR count). The number of methoxy groups -OCH3 is 1. The molecule has 0 saturated carbocycles. The van der Waals surface area contributed by atoms with Gasteiger partial charge in [0.25, 0.3) is 0 Å². The lowest BCUT2D eigenvalue weighted by Gasteiger charge is -2.09. The van der Waals surface area contributed by atoms with Crippen molar-refractivity contribution in [3.8, 4) is 11.5 Å². The molecule has 4 nitrogen and oxygen atoms in total. The van der Waals surface area contributed by atoms with E-state index in [1.165, 1.54) is 31.4 Å². The van der Waals surface area contributed by atoms with Gasteiger partial charge in [-0.2, -0.15) is 0 Å². The zero-order valence-corrected chi connectivity index (χ0v) is 15.7. The Hall–Kier alpha value is -1.53. The van der Waals surface area contributed by atoms with Gasteiger partial charge < -0.3 is 14.6 Å². The van der Waals surface area contributed by atoms with E-state index in [0.717, 1.165) is 0 Å². The van der Waals surface area contributed by atoms with Crippen molar-refractivity contribution in [2.75, 3.05) is 13.9 Å². The highest BCUT2D eigenvalue weighted by molar-refractivity contribution is 9.10.